The Balaban J connectivity index is 1.69. The fourth-order valence-electron chi connectivity index (χ4n) is 1.91. The van der Waals surface area contributed by atoms with Crippen LogP contribution < -0.4 is 10.6 Å². The highest BCUT2D eigenvalue weighted by molar-refractivity contribution is 5.90. The summed E-state index contributed by atoms with van der Waals surface area (Å²) in [7, 11) is 0. The summed E-state index contributed by atoms with van der Waals surface area (Å²) in [5.41, 5.74) is 1.73. The van der Waals surface area contributed by atoms with Crippen LogP contribution in [0.5, 0.6) is 0 Å². The number of aromatic nitrogens is 1. The van der Waals surface area contributed by atoms with Gasteiger partial charge in [-0.1, -0.05) is 18.2 Å². The Morgan fingerprint density at radius 3 is 2.48 bits per heavy atom. The van der Waals surface area contributed by atoms with Crippen LogP contribution >= 0.6 is 0 Å². The van der Waals surface area contributed by atoms with Crippen LogP contribution in [0, 0.1) is 12.7 Å². The maximum absolute atomic E-state index is 12.8. The topological polar surface area (TPSA) is 71.1 Å². The van der Waals surface area contributed by atoms with Gasteiger partial charge in [-0.3, -0.25) is 9.59 Å². The molecule has 0 bridgehead atoms. The van der Waals surface area contributed by atoms with Gasteiger partial charge in [0.15, 0.2) is 0 Å². The monoisotopic (exact) mass is 315 g/mol. The first-order chi connectivity index (χ1) is 11.0. The van der Waals surface area contributed by atoms with Crippen LogP contribution in [0.2, 0.25) is 0 Å². The van der Waals surface area contributed by atoms with Gasteiger partial charge in [0, 0.05) is 19.2 Å². The molecule has 6 heteroatoms. The van der Waals surface area contributed by atoms with Crippen LogP contribution in [0.3, 0.4) is 0 Å². The maximum Gasteiger partial charge on any atom is 0.227 e. The predicted molar refractivity (Wildman–Crippen MR) is 85.3 cm³/mol. The van der Waals surface area contributed by atoms with E-state index in [0.29, 0.717) is 5.82 Å². The molecular formula is C17H18FN3O2. The number of nitrogens with one attached hydrogen (secondary N) is 2. The lowest BCUT2D eigenvalue weighted by molar-refractivity contribution is -0.120. The van der Waals surface area contributed by atoms with Crippen molar-refractivity contribution >= 4 is 17.6 Å². The number of benzene rings is 1. The average Bonchev–Trinajstić information content (AvgIpc) is 2.52. The van der Waals surface area contributed by atoms with E-state index in [4.69, 9.17) is 0 Å². The van der Waals surface area contributed by atoms with E-state index in [1.54, 1.807) is 24.4 Å². The maximum atomic E-state index is 12.8. The highest BCUT2D eigenvalue weighted by Crippen LogP contribution is 2.05. The van der Waals surface area contributed by atoms with E-state index in [-0.39, 0.29) is 37.0 Å². The highest BCUT2D eigenvalue weighted by atomic mass is 19.1. The van der Waals surface area contributed by atoms with Gasteiger partial charge in [-0.2, -0.15) is 0 Å². The molecule has 0 atom stereocenters. The molecule has 0 aliphatic rings. The Morgan fingerprint density at radius 1 is 1.09 bits per heavy atom. The molecule has 0 aliphatic heterocycles. The number of anilines is 1. The molecule has 0 saturated carbocycles. The number of hydrogen-bond acceptors (Lipinski definition) is 3. The molecule has 2 rings (SSSR count). The molecule has 1 aromatic heterocycles. The molecule has 0 aliphatic carbocycles. The minimum Gasteiger partial charge on any atom is -0.355 e. The van der Waals surface area contributed by atoms with Crippen molar-refractivity contribution in [3.63, 3.8) is 0 Å². The molecule has 2 N–H and O–H groups in total. The summed E-state index contributed by atoms with van der Waals surface area (Å²) in [6.07, 6.45) is 1.98. The van der Waals surface area contributed by atoms with E-state index in [1.807, 2.05) is 13.0 Å². The minimum atomic E-state index is -0.337. The molecule has 0 unspecified atom stereocenters. The van der Waals surface area contributed by atoms with Gasteiger partial charge in [-0.05, 0) is 36.2 Å². The van der Waals surface area contributed by atoms with Crippen LogP contribution in [-0.4, -0.2) is 23.3 Å². The lowest BCUT2D eigenvalue weighted by atomic mass is 10.1. The molecule has 0 spiro atoms. The molecule has 2 aromatic rings. The third kappa shape index (κ3) is 5.86. The second-order valence-corrected chi connectivity index (χ2v) is 5.17. The van der Waals surface area contributed by atoms with Crippen LogP contribution in [0.1, 0.15) is 17.5 Å². The van der Waals surface area contributed by atoms with Crippen LogP contribution in [0.25, 0.3) is 0 Å². The molecule has 120 valence electrons. The smallest absolute Gasteiger partial charge is 0.227 e. The second kappa shape index (κ2) is 8.03. The van der Waals surface area contributed by atoms with E-state index in [2.05, 4.69) is 15.6 Å². The quantitative estimate of drug-likeness (QED) is 0.858. The Morgan fingerprint density at radius 2 is 1.83 bits per heavy atom. The molecule has 2 amide bonds. The van der Waals surface area contributed by atoms with Gasteiger partial charge < -0.3 is 10.6 Å². The summed E-state index contributed by atoms with van der Waals surface area (Å²) < 4.78 is 12.8. The van der Waals surface area contributed by atoms with Crippen LogP contribution in [0.15, 0.2) is 42.6 Å². The number of carbonyl (C=O) groups is 2. The van der Waals surface area contributed by atoms with Crippen molar-refractivity contribution in [2.45, 2.75) is 19.8 Å². The average molecular weight is 315 g/mol. The van der Waals surface area contributed by atoms with Crippen molar-refractivity contribution in [3.8, 4) is 0 Å². The van der Waals surface area contributed by atoms with Gasteiger partial charge in [-0.25, -0.2) is 9.37 Å². The number of rotatable bonds is 6. The fraction of sp³-hybridized carbons (Fsp3) is 0.235. The largest absolute Gasteiger partial charge is 0.355 e. The Kier molecular flexibility index (Phi) is 5.80. The van der Waals surface area contributed by atoms with Crippen LogP contribution in [0.4, 0.5) is 10.2 Å². The summed E-state index contributed by atoms with van der Waals surface area (Å²) in [6.45, 7) is 2.15. The van der Waals surface area contributed by atoms with Gasteiger partial charge in [0.1, 0.15) is 11.6 Å². The first-order valence-electron chi connectivity index (χ1n) is 7.26. The molecule has 5 nitrogen and oxygen atoms in total. The van der Waals surface area contributed by atoms with Crippen molar-refractivity contribution < 1.29 is 14.0 Å². The Labute approximate surface area is 133 Å². The minimum absolute atomic E-state index is 0.154. The molecule has 0 radical (unpaired) electrons. The van der Waals surface area contributed by atoms with Crippen molar-refractivity contribution in [2.75, 3.05) is 11.9 Å². The standard InChI is InChI=1S/C17H18FN3O2/c1-12-2-7-15(20-11-12)21-16(22)8-9-19-17(23)10-13-3-5-14(18)6-4-13/h2-7,11H,8-10H2,1H3,(H,19,23)(H,20,21,22). The molecule has 1 aromatic carbocycles. The first kappa shape index (κ1) is 16.6. The third-order valence-electron chi connectivity index (χ3n) is 3.13. The summed E-state index contributed by atoms with van der Waals surface area (Å²) >= 11 is 0. The zero-order valence-corrected chi connectivity index (χ0v) is 12.8. The van der Waals surface area contributed by atoms with Crippen LogP contribution in [-0.2, 0) is 16.0 Å². The van der Waals surface area contributed by atoms with Gasteiger partial charge in [0.05, 0.1) is 6.42 Å². The van der Waals surface area contributed by atoms with Crippen molar-refractivity contribution in [1.82, 2.24) is 10.3 Å². The number of amides is 2. The second-order valence-electron chi connectivity index (χ2n) is 5.17. The number of carbonyl (C=O) groups excluding carboxylic acids is 2. The number of hydrogen-bond donors (Lipinski definition) is 2. The lowest BCUT2D eigenvalue weighted by Gasteiger charge is -2.06. The Hall–Kier alpha value is -2.76. The number of nitrogens with zero attached hydrogens (tertiary/aromatic N) is 1. The van der Waals surface area contributed by atoms with E-state index >= 15 is 0 Å². The van der Waals surface area contributed by atoms with Crippen molar-refractivity contribution in [1.29, 1.82) is 0 Å². The van der Waals surface area contributed by atoms with E-state index in [1.165, 1.54) is 12.1 Å². The third-order valence-corrected chi connectivity index (χ3v) is 3.13. The summed E-state index contributed by atoms with van der Waals surface area (Å²) in [5.74, 6) is -0.282. The molecule has 0 saturated heterocycles. The normalized spacial score (nSPS) is 10.2. The molecule has 1 heterocycles. The zero-order chi connectivity index (χ0) is 16.7. The Bertz CT molecular complexity index is 610. The van der Waals surface area contributed by atoms with Gasteiger partial charge in [-0.15, -0.1) is 0 Å². The van der Waals surface area contributed by atoms with E-state index < -0.39 is 0 Å². The predicted octanol–water partition coefficient (Wildman–Crippen LogP) is 2.22. The van der Waals surface area contributed by atoms with Crippen molar-refractivity contribution in [3.05, 3.63) is 59.5 Å². The SMILES string of the molecule is Cc1ccc(NC(=O)CCNC(=O)Cc2ccc(F)cc2)nc1. The fourth-order valence-corrected chi connectivity index (χ4v) is 1.91. The highest BCUT2D eigenvalue weighted by Gasteiger charge is 2.06. The lowest BCUT2D eigenvalue weighted by Crippen LogP contribution is -2.29. The molecule has 23 heavy (non-hydrogen) atoms. The van der Waals surface area contributed by atoms with Crippen molar-refractivity contribution in [2.24, 2.45) is 0 Å². The number of halogens is 1. The van der Waals surface area contributed by atoms with Gasteiger partial charge in [0.25, 0.3) is 0 Å². The first-order valence-corrected chi connectivity index (χ1v) is 7.26. The summed E-state index contributed by atoms with van der Waals surface area (Å²) in [5, 5.41) is 5.31. The summed E-state index contributed by atoms with van der Waals surface area (Å²) in [6, 6.07) is 9.32. The zero-order valence-electron chi connectivity index (χ0n) is 12.8. The van der Waals surface area contributed by atoms with E-state index in [0.717, 1.165) is 11.1 Å². The van der Waals surface area contributed by atoms with E-state index in [9.17, 15) is 14.0 Å². The number of pyridine rings is 1. The number of aryl methyl sites for hydroxylation is 1. The van der Waals surface area contributed by atoms with Gasteiger partial charge in [0.2, 0.25) is 11.8 Å². The van der Waals surface area contributed by atoms with Gasteiger partial charge >= 0.3 is 0 Å². The molecular weight excluding hydrogens is 297 g/mol. The summed E-state index contributed by atoms with van der Waals surface area (Å²) in [4.78, 5) is 27.5. The molecule has 0 fully saturated rings.